The maximum absolute atomic E-state index is 11.4. The molecule has 0 spiro atoms. The van der Waals surface area contributed by atoms with Gasteiger partial charge in [-0.05, 0) is 41.6 Å². The summed E-state index contributed by atoms with van der Waals surface area (Å²) in [5, 5.41) is 14.5. The molecule has 28 heavy (non-hydrogen) atoms. The Morgan fingerprint density at radius 3 is 2.68 bits per heavy atom. The number of carboxylic acid groups (broad SMARTS) is 1. The molecule has 4 N–H and O–H groups in total. The maximum Gasteiger partial charge on any atom is 0.335 e. The smallest absolute Gasteiger partial charge is 0.335 e. The third-order valence-corrected chi connectivity index (χ3v) is 4.18. The summed E-state index contributed by atoms with van der Waals surface area (Å²) in [6, 6.07) is 11.4. The summed E-state index contributed by atoms with van der Waals surface area (Å²) in [7, 11) is 1.65. The quantitative estimate of drug-likeness (QED) is 0.587. The number of rotatable bonds is 5. The summed E-state index contributed by atoms with van der Waals surface area (Å²) in [4.78, 5) is 31.3. The van der Waals surface area contributed by atoms with Gasteiger partial charge in [0.1, 0.15) is 5.82 Å². The van der Waals surface area contributed by atoms with Crippen molar-refractivity contribution in [3.8, 4) is 0 Å². The summed E-state index contributed by atoms with van der Waals surface area (Å²) >= 11 is 0. The lowest BCUT2D eigenvalue weighted by Crippen LogP contribution is -2.29. The molecule has 1 aromatic heterocycles. The Balaban J connectivity index is 2.24. The molecule has 0 fully saturated rings. The first-order chi connectivity index (χ1) is 13.4. The van der Waals surface area contributed by atoms with Crippen molar-refractivity contribution in [1.29, 1.82) is 0 Å². The molecule has 0 unspecified atom stereocenters. The number of carboxylic acids is 1. The molecule has 0 aliphatic rings. The van der Waals surface area contributed by atoms with Gasteiger partial charge in [-0.3, -0.25) is 9.79 Å². The Hall–Kier alpha value is -4.00. The molecule has 0 bridgehead atoms. The molecule has 0 atom stereocenters. The second-order valence-corrected chi connectivity index (χ2v) is 6.03. The van der Waals surface area contributed by atoms with Crippen LogP contribution in [-0.2, 0) is 0 Å². The van der Waals surface area contributed by atoms with Crippen LogP contribution in [0.4, 0.5) is 11.5 Å². The maximum atomic E-state index is 11.4. The molecule has 140 valence electrons. The van der Waals surface area contributed by atoms with Crippen molar-refractivity contribution in [3.05, 3.63) is 64.0 Å². The minimum absolute atomic E-state index is 0.132. The van der Waals surface area contributed by atoms with E-state index in [1.807, 2.05) is 0 Å². The third-order valence-electron chi connectivity index (χ3n) is 4.18. The number of carbonyl (C=O) groups is 2. The number of nitrogens with zero attached hydrogens (tertiary/aromatic N) is 2. The normalized spacial score (nSPS) is 11.8. The molecule has 0 saturated heterocycles. The number of hydrogen-bond donors (Lipinski definition) is 3. The first-order valence-electron chi connectivity index (χ1n) is 8.36. The number of nitrogens with two attached hydrogens (primary N) is 1. The van der Waals surface area contributed by atoms with Crippen LogP contribution in [0.25, 0.3) is 23.6 Å². The summed E-state index contributed by atoms with van der Waals surface area (Å²) < 4.78 is 0. The average Bonchev–Trinajstić information content (AvgIpc) is 2.67. The number of anilines is 2. The Labute approximate surface area is 160 Å². The van der Waals surface area contributed by atoms with Gasteiger partial charge in [-0.2, -0.15) is 0 Å². The van der Waals surface area contributed by atoms with E-state index in [-0.39, 0.29) is 5.56 Å². The highest BCUT2D eigenvalue weighted by molar-refractivity contribution is 5.96. The van der Waals surface area contributed by atoms with Gasteiger partial charge in [-0.15, -0.1) is 0 Å². The van der Waals surface area contributed by atoms with Crippen LogP contribution in [0.1, 0.15) is 20.7 Å². The highest BCUT2D eigenvalue weighted by Crippen LogP contribution is 2.16. The highest BCUT2D eigenvalue weighted by Gasteiger charge is 2.09. The summed E-state index contributed by atoms with van der Waals surface area (Å²) in [5.41, 5.74) is 6.93. The van der Waals surface area contributed by atoms with E-state index in [4.69, 9.17) is 5.73 Å². The standard InChI is InChI=1S/C21H18N4O3/c1-12-16-7-6-14(21(27)28)11-18(16)25-20(17(12)8-9-23-2)24-15-5-3-4-13(10-15)19(22)26/h3-11H,1H2,2H3,(H2,22,26)(H,24,25)(H,27,28)/b17-8+,23-9-. The van der Waals surface area contributed by atoms with E-state index in [0.717, 1.165) is 5.39 Å². The van der Waals surface area contributed by atoms with Gasteiger partial charge >= 0.3 is 5.97 Å². The zero-order valence-corrected chi connectivity index (χ0v) is 15.1. The largest absolute Gasteiger partial charge is 0.478 e. The Morgan fingerprint density at radius 1 is 1.21 bits per heavy atom. The zero-order chi connectivity index (χ0) is 20.3. The van der Waals surface area contributed by atoms with Crippen molar-refractivity contribution < 1.29 is 14.7 Å². The number of benzene rings is 2. The average molecular weight is 374 g/mol. The zero-order valence-electron chi connectivity index (χ0n) is 15.1. The van der Waals surface area contributed by atoms with Crippen LogP contribution >= 0.6 is 0 Å². The molecule has 2 aromatic carbocycles. The number of nitrogens with one attached hydrogen (secondary N) is 1. The van der Waals surface area contributed by atoms with Crippen molar-refractivity contribution >= 4 is 53.2 Å². The van der Waals surface area contributed by atoms with Gasteiger partial charge in [0.15, 0.2) is 0 Å². The molecule has 1 heterocycles. The SMILES string of the molecule is C=c1/c(=C\C=N/C)c(Nc2cccc(C(N)=O)c2)nc2cc(C(=O)O)ccc12. The van der Waals surface area contributed by atoms with Crippen molar-refractivity contribution in [3.63, 3.8) is 0 Å². The molecule has 3 aromatic rings. The van der Waals surface area contributed by atoms with Crippen LogP contribution < -0.4 is 21.5 Å². The lowest BCUT2D eigenvalue weighted by Gasteiger charge is -2.10. The van der Waals surface area contributed by atoms with Crippen LogP contribution in [0.2, 0.25) is 0 Å². The van der Waals surface area contributed by atoms with Gasteiger partial charge in [0.2, 0.25) is 5.91 Å². The first kappa shape index (κ1) is 18.8. The number of aromatic nitrogens is 1. The lowest BCUT2D eigenvalue weighted by molar-refractivity contribution is 0.0696. The summed E-state index contributed by atoms with van der Waals surface area (Å²) in [6.45, 7) is 4.13. The number of hydrogen-bond acceptors (Lipinski definition) is 5. The number of carbonyl (C=O) groups excluding carboxylic acids is 1. The van der Waals surface area contributed by atoms with Crippen molar-refractivity contribution in [1.82, 2.24) is 4.98 Å². The van der Waals surface area contributed by atoms with E-state index in [1.54, 1.807) is 49.7 Å². The van der Waals surface area contributed by atoms with Gasteiger partial charge in [-0.25, -0.2) is 9.78 Å². The molecule has 7 nitrogen and oxygen atoms in total. The van der Waals surface area contributed by atoms with Gasteiger partial charge < -0.3 is 16.2 Å². The topological polar surface area (TPSA) is 118 Å². The highest BCUT2D eigenvalue weighted by atomic mass is 16.4. The Morgan fingerprint density at radius 2 is 2.00 bits per heavy atom. The van der Waals surface area contributed by atoms with E-state index >= 15 is 0 Å². The summed E-state index contributed by atoms with van der Waals surface area (Å²) in [6.07, 6.45) is 3.38. The van der Waals surface area contributed by atoms with Crippen LogP contribution in [0.5, 0.6) is 0 Å². The molecular formula is C21H18N4O3. The van der Waals surface area contributed by atoms with Gasteiger partial charge in [0, 0.05) is 35.1 Å². The predicted molar refractivity (Wildman–Crippen MR) is 111 cm³/mol. The minimum atomic E-state index is -1.04. The summed E-state index contributed by atoms with van der Waals surface area (Å²) in [5.74, 6) is -1.11. The Bertz CT molecular complexity index is 1230. The van der Waals surface area contributed by atoms with E-state index in [9.17, 15) is 14.7 Å². The molecule has 0 saturated carbocycles. The first-order valence-corrected chi connectivity index (χ1v) is 8.36. The fraction of sp³-hybridized carbons (Fsp3) is 0.0476. The molecule has 0 aliphatic carbocycles. The molecule has 7 heteroatoms. The number of amides is 1. The molecule has 1 amide bonds. The molecule has 0 radical (unpaired) electrons. The number of fused-ring (bicyclic) bond motifs is 1. The second-order valence-electron chi connectivity index (χ2n) is 6.03. The van der Waals surface area contributed by atoms with E-state index in [2.05, 4.69) is 21.9 Å². The fourth-order valence-electron chi connectivity index (χ4n) is 2.79. The van der Waals surface area contributed by atoms with Gasteiger partial charge in [0.25, 0.3) is 0 Å². The monoisotopic (exact) mass is 374 g/mol. The molecule has 0 aliphatic heterocycles. The van der Waals surface area contributed by atoms with Crippen LogP contribution in [0, 0.1) is 0 Å². The van der Waals surface area contributed by atoms with Crippen LogP contribution in [0.3, 0.4) is 0 Å². The van der Waals surface area contributed by atoms with Gasteiger partial charge in [-0.1, -0.05) is 18.7 Å². The Kier molecular flexibility index (Phi) is 5.17. The minimum Gasteiger partial charge on any atom is -0.478 e. The van der Waals surface area contributed by atoms with E-state index < -0.39 is 11.9 Å². The number of aromatic carboxylic acids is 1. The second kappa shape index (κ2) is 7.71. The third kappa shape index (κ3) is 3.73. The number of aliphatic imine (C=N–C) groups is 1. The van der Waals surface area contributed by atoms with Crippen LogP contribution in [0.15, 0.2) is 47.5 Å². The van der Waals surface area contributed by atoms with Crippen LogP contribution in [-0.4, -0.2) is 35.2 Å². The fourth-order valence-corrected chi connectivity index (χ4v) is 2.79. The van der Waals surface area contributed by atoms with Gasteiger partial charge in [0.05, 0.1) is 11.1 Å². The van der Waals surface area contributed by atoms with Crippen molar-refractivity contribution in [2.24, 2.45) is 10.7 Å². The predicted octanol–water partition coefficient (Wildman–Crippen LogP) is 1.67. The number of primary amides is 1. The molecular weight excluding hydrogens is 356 g/mol. The van der Waals surface area contributed by atoms with E-state index in [1.165, 1.54) is 12.1 Å². The van der Waals surface area contributed by atoms with Crippen molar-refractivity contribution in [2.45, 2.75) is 0 Å². The number of pyridine rings is 1. The van der Waals surface area contributed by atoms with Crippen molar-refractivity contribution in [2.75, 3.05) is 12.4 Å². The molecule has 3 rings (SSSR count). The lowest BCUT2D eigenvalue weighted by atomic mass is 10.1. The van der Waals surface area contributed by atoms with E-state index in [0.29, 0.717) is 33.0 Å².